The second-order valence-electron chi connectivity index (χ2n) is 4.05. The van der Waals surface area contributed by atoms with Gasteiger partial charge >= 0.3 is 0 Å². The number of nitrogens with one attached hydrogen (secondary N) is 2. The second kappa shape index (κ2) is 5.80. The number of carbonyl (C=O) groups is 1. The Bertz CT molecular complexity index is 760. The van der Waals surface area contributed by atoms with Crippen molar-refractivity contribution < 1.29 is 22.7 Å². The van der Waals surface area contributed by atoms with Crippen LogP contribution in [0.4, 0.5) is 15.8 Å². The van der Waals surface area contributed by atoms with Crippen molar-refractivity contribution in [3.8, 4) is 5.75 Å². The fourth-order valence-corrected chi connectivity index (χ4v) is 2.66. The number of benzene rings is 2. The molecule has 0 aliphatic carbocycles. The van der Waals surface area contributed by atoms with Crippen LogP contribution < -0.4 is 10.0 Å². The number of hydrogen-bond donors (Lipinski definition) is 3. The molecule has 0 aliphatic heterocycles. The molecule has 0 heterocycles. The Morgan fingerprint density at radius 1 is 1.10 bits per heavy atom. The van der Waals surface area contributed by atoms with Crippen molar-refractivity contribution >= 4 is 27.8 Å². The van der Waals surface area contributed by atoms with Crippen LogP contribution >= 0.6 is 0 Å². The number of aromatic hydroxyl groups is 1. The minimum atomic E-state index is -3.98. The summed E-state index contributed by atoms with van der Waals surface area (Å²) in [6.45, 7) is 0. The number of anilines is 2. The van der Waals surface area contributed by atoms with E-state index in [2.05, 4.69) is 10.0 Å². The van der Waals surface area contributed by atoms with E-state index in [1.807, 2.05) is 0 Å². The Balaban J connectivity index is 2.34. The summed E-state index contributed by atoms with van der Waals surface area (Å²) >= 11 is 0. The minimum absolute atomic E-state index is 0.105. The molecule has 2 aromatic rings. The molecule has 0 unspecified atom stereocenters. The van der Waals surface area contributed by atoms with Crippen molar-refractivity contribution in [1.29, 1.82) is 0 Å². The molecule has 0 spiro atoms. The van der Waals surface area contributed by atoms with Crippen molar-refractivity contribution in [2.45, 2.75) is 4.90 Å². The molecule has 0 fully saturated rings. The number of phenols is 1. The van der Waals surface area contributed by atoms with Gasteiger partial charge in [0.25, 0.3) is 10.0 Å². The molecule has 0 bridgehead atoms. The Morgan fingerprint density at radius 2 is 1.76 bits per heavy atom. The summed E-state index contributed by atoms with van der Waals surface area (Å²) < 4.78 is 39.2. The van der Waals surface area contributed by atoms with Crippen LogP contribution in [0.2, 0.25) is 0 Å². The van der Waals surface area contributed by atoms with Crippen LogP contribution in [0, 0.1) is 5.82 Å². The van der Waals surface area contributed by atoms with Crippen molar-refractivity contribution in [2.24, 2.45) is 0 Å². The maximum atomic E-state index is 12.8. The lowest BCUT2D eigenvalue weighted by molar-refractivity contribution is -0.105. The lowest BCUT2D eigenvalue weighted by Gasteiger charge is -2.11. The second-order valence-corrected chi connectivity index (χ2v) is 5.74. The van der Waals surface area contributed by atoms with E-state index in [0.29, 0.717) is 12.1 Å². The average Bonchev–Trinajstić information content (AvgIpc) is 2.43. The van der Waals surface area contributed by atoms with Gasteiger partial charge in [-0.2, -0.15) is 0 Å². The van der Waals surface area contributed by atoms with Gasteiger partial charge in [0.1, 0.15) is 11.6 Å². The fraction of sp³-hybridized carbons (Fsp3) is 0. The van der Waals surface area contributed by atoms with Crippen LogP contribution in [-0.4, -0.2) is 19.9 Å². The Morgan fingerprint density at radius 3 is 2.38 bits per heavy atom. The summed E-state index contributed by atoms with van der Waals surface area (Å²) in [5, 5.41) is 12.0. The van der Waals surface area contributed by atoms with Gasteiger partial charge in [-0.25, -0.2) is 12.8 Å². The van der Waals surface area contributed by atoms with E-state index in [9.17, 15) is 22.7 Å². The lowest BCUT2D eigenvalue weighted by atomic mass is 10.2. The number of carbonyl (C=O) groups excluding carboxylic acids is 1. The molecule has 3 N–H and O–H groups in total. The van der Waals surface area contributed by atoms with Crippen molar-refractivity contribution in [3.63, 3.8) is 0 Å². The molecule has 6 nitrogen and oxygen atoms in total. The van der Waals surface area contributed by atoms with Crippen LogP contribution in [0.3, 0.4) is 0 Å². The monoisotopic (exact) mass is 310 g/mol. The third-order valence-corrected chi connectivity index (χ3v) is 3.97. The quantitative estimate of drug-likeness (QED) is 0.446. The highest BCUT2D eigenvalue weighted by molar-refractivity contribution is 7.92. The smallest absolute Gasteiger partial charge is 0.262 e. The normalized spacial score (nSPS) is 10.9. The SMILES string of the molecule is O=CNc1ccc(O)c(NS(=O)(=O)c2ccc(F)cc2)c1. The molecule has 2 aromatic carbocycles. The van der Waals surface area contributed by atoms with E-state index < -0.39 is 15.8 Å². The number of amides is 1. The first-order valence-electron chi connectivity index (χ1n) is 5.74. The van der Waals surface area contributed by atoms with Crippen LogP contribution in [-0.2, 0) is 14.8 Å². The van der Waals surface area contributed by atoms with Crippen LogP contribution in [0.15, 0.2) is 47.4 Å². The fourth-order valence-electron chi connectivity index (χ4n) is 1.59. The maximum Gasteiger partial charge on any atom is 0.262 e. The van der Waals surface area contributed by atoms with E-state index in [0.717, 1.165) is 24.3 Å². The standard InChI is InChI=1S/C13H11FN2O4S/c14-9-1-4-11(5-2-9)21(19,20)16-12-7-10(15-8-17)3-6-13(12)18/h1-8,16,18H,(H,15,17). The first-order chi connectivity index (χ1) is 9.92. The van der Waals surface area contributed by atoms with Crippen LogP contribution in [0.1, 0.15) is 0 Å². The van der Waals surface area contributed by atoms with Gasteiger partial charge < -0.3 is 10.4 Å². The Kier molecular flexibility index (Phi) is 4.08. The van der Waals surface area contributed by atoms with Crippen molar-refractivity contribution in [3.05, 3.63) is 48.3 Å². The zero-order valence-corrected chi connectivity index (χ0v) is 11.4. The molecular weight excluding hydrogens is 299 g/mol. The van der Waals surface area contributed by atoms with E-state index in [-0.39, 0.29) is 16.3 Å². The summed E-state index contributed by atoms with van der Waals surface area (Å²) in [6, 6.07) is 8.11. The number of rotatable bonds is 5. The number of halogens is 1. The molecule has 1 amide bonds. The lowest BCUT2D eigenvalue weighted by Crippen LogP contribution is -2.13. The third-order valence-electron chi connectivity index (χ3n) is 2.59. The molecule has 0 saturated heterocycles. The first kappa shape index (κ1) is 14.8. The summed E-state index contributed by atoms with van der Waals surface area (Å²) in [7, 11) is -3.98. The molecular formula is C13H11FN2O4S. The van der Waals surface area contributed by atoms with Gasteiger partial charge in [0.15, 0.2) is 0 Å². The number of phenolic OH excluding ortho intramolecular Hbond substituents is 1. The molecule has 0 aromatic heterocycles. The van der Waals surface area contributed by atoms with Crippen LogP contribution in [0.25, 0.3) is 0 Å². The molecule has 110 valence electrons. The summed E-state index contributed by atoms with van der Waals surface area (Å²) in [5.74, 6) is -0.869. The predicted octanol–water partition coefficient (Wildman–Crippen LogP) is 1.90. The Hall–Kier alpha value is -2.61. The van der Waals surface area contributed by atoms with Gasteiger partial charge in [0.05, 0.1) is 10.6 Å². The van der Waals surface area contributed by atoms with Crippen molar-refractivity contribution in [1.82, 2.24) is 0 Å². The van der Waals surface area contributed by atoms with Gasteiger partial charge in [0.2, 0.25) is 6.41 Å². The number of hydrogen-bond acceptors (Lipinski definition) is 4. The Labute approximate surface area is 120 Å². The van der Waals surface area contributed by atoms with E-state index in [1.165, 1.54) is 18.2 Å². The van der Waals surface area contributed by atoms with Gasteiger partial charge in [-0.1, -0.05) is 0 Å². The zero-order chi connectivity index (χ0) is 15.5. The van der Waals surface area contributed by atoms with E-state index >= 15 is 0 Å². The summed E-state index contributed by atoms with van der Waals surface area (Å²) in [5.41, 5.74) is 0.200. The molecule has 21 heavy (non-hydrogen) atoms. The molecule has 0 saturated carbocycles. The zero-order valence-electron chi connectivity index (χ0n) is 10.6. The summed E-state index contributed by atoms with van der Waals surface area (Å²) in [6.07, 6.45) is 0.421. The topological polar surface area (TPSA) is 95.5 Å². The van der Waals surface area contributed by atoms with Gasteiger partial charge in [-0.3, -0.25) is 9.52 Å². The van der Waals surface area contributed by atoms with Gasteiger partial charge in [0, 0.05) is 5.69 Å². The average molecular weight is 310 g/mol. The summed E-state index contributed by atoms with van der Waals surface area (Å²) in [4.78, 5) is 10.2. The molecule has 0 radical (unpaired) electrons. The highest BCUT2D eigenvalue weighted by atomic mass is 32.2. The minimum Gasteiger partial charge on any atom is -0.506 e. The molecule has 0 atom stereocenters. The molecule has 8 heteroatoms. The van der Waals surface area contributed by atoms with Crippen LogP contribution in [0.5, 0.6) is 5.75 Å². The van der Waals surface area contributed by atoms with E-state index in [1.54, 1.807) is 0 Å². The molecule has 0 aliphatic rings. The largest absolute Gasteiger partial charge is 0.506 e. The highest BCUT2D eigenvalue weighted by Gasteiger charge is 2.16. The first-order valence-corrected chi connectivity index (χ1v) is 7.22. The van der Waals surface area contributed by atoms with Gasteiger partial charge in [-0.05, 0) is 42.5 Å². The van der Waals surface area contributed by atoms with E-state index in [4.69, 9.17) is 0 Å². The maximum absolute atomic E-state index is 12.8. The number of sulfonamides is 1. The highest BCUT2D eigenvalue weighted by Crippen LogP contribution is 2.28. The van der Waals surface area contributed by atoms with Crippen molar-refractivity contribution in [2.75, 3.05) is 10.0 Å². The van der Waals surface area contributed by atoms with Gasteiger partial charge in [-0.15, -0.1) is 0 Å². The predicted molar refractivity (Wildman–Crippen MR) is 75.0 cm³/mol. The third kappa shape index (κ3) is 3.48. The molecule has 2 rings (SSSR count).